The van der Waals surface area contributed by atoms with Gasteiger partial charge in [0.15, 0.2) is 5.82 Å². The smallest absolute Gasteiger partial charge is 0.261 e. The van der Waals surface area contributed by atoms with Crippen LogP contribution in [0.5, 0.6) is 0 Å². The van der Waals surface area contributed by atoms with Crippen LogP contribution in [-0.4, -0.2) is 21.7 Å². The summed E-state index contributed by atoms with van der Waals surface area (Å²) in [4.78, 5) is 8.65. The van der Waals surface area contributed by atoms with Gasteiger partial charge in [-0.05, 0) is 43.7 Å². The van der Waals surface area contributed by atoms with Crippen molar-refractivity contribution in [1.29, 1.82) is 0 Å². The zero-order valence-corrected chi connectivity index (χ0v) is 11.3. The van der Waals surface area contributed by atoms with Gasteiger partial charge in [0.1, 0.15) is 5.82 Å². The van der Waals surface area contributed by atoms with Crippen molar-refractivity contribution in [3.8, 4) is 11.5 Å². The molecule has 0 amide bonds. The molecular formula is C14H18N4O. The molecule has 0 saturated heterocycles. The van der Waals surface area contributed by atoms with E-state index in [2.05, 4.69) is 27.4 Å². The minimum atomic E-state index is 0.472. The van der Waals surface area contributed by atoms with Gasteiger partial charge >= 0.3 is 0 Å². The Bertz CT molecular complexity index is 574. The van der Waals surface area contributed by atoms with E-state index in [1.807, 2.05) is 19.1 Å². The van der Waals surface area contributed by atoms with Crippen molar-refractivity contribution in [3.63, 3.8) is 0 Å². The van der Waals surface area contributed by atoms with E-state index in [9.17, 15) is 0 Å². The van der Waals surface area contributed by atoms with E-state index >= 15 is 0 Å². The van der Waals surface area contributed by atoms with E-state index in [0.29, 0.717) is 17.1 Å². The van der Waals surface area contributed by atoms with Crippen LogP contribution in [0.1, 0.15) is 32.0 Å². The summed E-state index contributed by atoms with van der Waals surface area (Å²) >= 11 is 0. The zero-order chi connectivity index (χ0) is 13.3. The maximum Gasteiger partial charge on any atom is 0.261 e. The normalized spacial score (nSPS) is 16.3. The summed E-state index contributed by atoms with van der Waals surface area (Å²) in [5.41, 5.74) is 1.34. The molecule has 1 N–H and O–H groups in total. The number of hydrogen-bond donors (Lipinski definition) is 1. The van der Waals surface area contributed by atoms with Gasteiger partial charge in [-0.3, -0.25) is 0 Å². The molecule has 100 valence electrons. The van der Waals surface area contributed by atoms with Crippen LogP contribution >= 0.6 is 0 Å². The molecule has 1 aliphatic carbocycles. The third-order valence-corrected chi connectivity index (χ3v) is 3.90. The Labute approximate surface area is 112 Å². The molecule has 0 spiro atoms. The standard InChI is InChI=1S/C14H18N4O/c1-3-14(6-7-14)9-16-12-11(5-4-8-15-12)13-17-10(2)18-19-13/h4-5,8H,3,6-7,9H2,1-2H3,(H,15,16). The highest BCUT2D eigenvalue weighted by atomic mass is 16.5. The van der Waals surface area contributed by atoms with Gasteiger partial charge in [0, 0.05) is 12.7 Å². The highest BCUT2D eigenvalue weighted by Gasteiger charge is 2.40. The number of anilines is 1. The Morgan fingerprint density at radius 3 is 2.89 bits per heavy atom. The predicted octanol–water partition coefficient (Wildman–Crippen LogP) is 3.04. The Kier molecular flexibility index (Phi) is 2.97. The van der Waals surface area contributed by atoms with E-state index in [1.165, 1.54) is 19.3 Å². The maximum atomic E-state index is 5.22. The van der Waals surface area contributed by atoms with E-state index < -0.39 is 0 Å². The number of aryl methyl sites for hydroxylation is 1. The molecule has 5 heteroatoms. The molecule has 2 heterocycles. The lowest BCUT2D eigenvalue weighted by Gasteiger charge is -2.15. The summed E-state index contributed by atoms with van der Waals surface area (Å²) in [6.07, 6.45) is 5.60. The summed E-state index contributed by atoms with van der Waals surface area (Å²) < 4.78 is 5.22. The Balaban J connectivity index is 1.81. The van der Waals surface area contributed by atoms with Crippen molar-refractivity contribution < 1.29 is 4.52 Å². The Hall–Kier alpha value is -1.91. The van der Waals surface area contributed by atoms with E-state index in [0.717, 1.165) is 17.9 Å². The average molecular weight is 258 g/mol. The van der Waals surface area contributed by atoms with Gasteiger partial charge < -0.3 is 9.84 Å². The summed E-state index contributed by atoms with van der Waals surface area (Å²) in [5, 5.41) is 7.27. The van der Waals surface area contributed by atoms with Crippen LogP contribution in [-0.2, 0) is 0 Å². The number of hydrogen-bond acceptors (Lipinski definition) is 5. The zero-order valence-electron chi connectivity index (χ0n) is 11.3. The number of nitrogens with one attached hydrogen (secondary N) is 1. The van der Waals surface area contributed by atoms with Gasteiger partial charge in [-0.15, -0.1) is 0 Å². The lowest BCUT2D eigenvalue weighted by Crippen LogP contribution is -2.15. The quantitative estimate of drug-likeness (QED) is 0.893. The van der Waals surface area contributed by atoms with Crippen LogP contribution in [0.25, 0.3) is 11.5 Å². The first-order valence-electron chi connectivity index (χ1n) is 6.72. The van der Waals surface area contributed by atoms with Crippen LogP contribution in [0.2, 0.25) is 0 Å². The molecule has 0 radical (unpaired) electrons. The third-order valence-electron chi connectivity index (χ3n) is 3.90. The first kappa shape index (κ1) is 12.1. The summed E-state index contributed by atoms with van der Waals surface area (Å²) in [6.45, 7) is 5.02. The maximum absolute atomic E-state index is 5.22. The molecule has 1 fully saturated rings. The Morgan fingerprint density at radius 2 is 2.26 bits per heavy atom. The van der Waals surface area contributed by atoms with Crippen molar-refractivity contribution in [2.75, 3.05) is 11.9 Å². The number of pyridine rings is 1. The van der Waals surface area contributed by atoms with E-state index in [4.69, 9.17) is 4.52 Å². The van der Waals surface area contributed by atoms with Gasteiger partial charge in [0.2, 0.25) is 0 Å². The number of aromatic nitrogens is 3. The molecule has 0 aromatic carbocycles. The fourth-order valence-corrected chi connectivity index (χ4v) is 2.23. The molecule has 0 unspecified atom stereocenters. The monoisotopic (exact) mass is 258 g/mol. The van der Waals surface area contributed by atoms with Crippen molar-refractivity contribution >= 4 is 5.82 Å². The Morgan fingerprint density at radius 1 is 1.42 bits per heavy atom. The van der Waals surface area contributed by atoms with Gasteiger partial charge in [-0.1, -0.05) is 12.1 Å². The van der Waals surface area contributed by atoms with Crippen molar-refractivity contribution in [2.45, 2.75) is 33.1 Å². The molecule has 5 nitrogen and oxygen atoms in total. The molecule has 0 atom stereocenters. The minimum Gasteiger partial charge on any atom is -0.369 e. The summed E-state index contributed by atoms with van der Waals surface area (Å²) in [7, 11) is 0. The molecule has 0 bridgehead atoms. The van der Waals surface area contributed by atoms with Crippen molar-refractivity contribution in [3.05, 3.63) is 24.2 Å². The van der Waals surface area contributed by atoms with Crippen molar-refractivity contribution in [2.24, 2.45) is 5.41 Å². The molecule has 3 rings (SSSR count). The van der Waals surface area contributed by atoms with Crippen LogP contribution in [0, 0.1) is 12.3 Å². The largest absolute Gasteiger partial charge is 0.369 e. The van der Waals surface area contributed by atoms with Gasteiger partial charge in [-0.2, -0.15) is 4.98 Å². The second kappa shape index (κ2) is 4.64. The lowest BCUT2D eigenvalue weighted by atomic mass is 10.0. The topological polar surface area (TPSA) is 63.8 Å². The predicted molar refractivity (Wildman–Crippen MR) is 72.7 cm³/mol. The summed E-state index contributed by atoms with van der Waals surface area (Å²) in [6, 6.07) is 3.83. The molecule has 19 heavy (non-hydrogen) atoms. The van der Waals surface area contributed by atoms with Crippen LogP contribution in [0.15, 0.2) is 22.9 Å². The number of rotatable bonds is 5. The average Bonchev–Trinajstić information content (AvgIpc) is 3.11. The SMILES string of the molecule is CCC1(CNc2ncccc2-c2nc(C)no2)CC1. The molecular weight excluding hydrogens is 240 g/mol. The lowest BCUT2D eigenvalue weighted by molar-refractivity contribution is 0.425. The fraction of sp³-hybridized carbons (Fsp3) is 0.500. The van der Waals surface area contributed by atoms with Gasteiger partial charge in [0.25, 0.3) is 5.89 Å². The minimum absolute atomic E-state index is 0.472. The molecule has 2 aromatic rings. The summed E-state index contributed by atoms with van der Waals surface area (Å²) in [5.74, 6) is 1.98. The highest BCUT2D eigenvalue weighted by Crippen LogP contribution is 2.48. The fourth-order valence-electron chi connectivity index (χ4n) is 2.23. The first-order valence-corrected chi connectivity index (χ1v) is 6.72. The first-order chi connectivity index (χ1) is 9.22. The van der Waals surface area contributed by atoms with Gasteiger partial charge in [0.05, 0.1) is 5.56 Å². The van der Waals surface area contributed by atoms with Crippen LogP contribution in [0.3, 0.4) is 0 Å². The van der Waals surface area contributed by atoms with Crippen molar-refractivity contribution in [1.82, 2.24) is 15.1 Å². The third kappa shape index (κ3) is 2.45. The van der Waals surface area contributed by atoms with Gasteiger partial charge in [-0.25, -0.2) is 4.98 Å². The molecule has 1 saturated carbocycles. The highest BCUT2D eigenvalue weighted by molar-refractivity contribution is 5.68. The van der Waals surface area contributed by atoms with Crippen LogP contribution in [0.4, 0.5) is 5.82 Å². The van der Waals surface area contributed by atoms with Crippen LogP contribution < -0.4 is 5.32 Å². The second-order valence-electron chi connectivity index (χ2n) is 5.25. The number of nitrogens with zero attached hydrogens (tertiary/aromatic N) is 3. The second-order valence-corrected chi connectivity index (χ2v) is 5.25. The van der Waals surface area contributed by atoms with E-state index in [-0.39, 0.29) is 0 Å². The molecule has 0 aliphatic heterocycles. The molecule has 1 aliphatic rings. The van der Waals surface area contributed by atoms with E-state index in [1.54, 1.807) is 6.20 Å². The molecule has 2 aromatic heterocycles.